The van der Waals surface area contributed by atoms with Crippen LogP contribution in [-0.4, -0.2) is 37.6 Å². The van der Waals surface area contributed by atoms with E-state index in [9.17, 15) is 0 Å². The Morgan fingerprint density at radius 3 is 2.17 bits per heavy atom. The maximum atomic E-state index is 3.77. The van der Waals surface area contributed by atoms with E-state index >= 15 is 0 Å². The van der Waals surface area contributed by atoms with Crippen molar-refractivity contribution in [1.29, 1.82) is 0 Å². The lowest BCUT2D eigenvalue weighted by atomic mass is 9.91. The van der Waals surface area contributed by atoms with Gasteiger partial charge in [-0.1, -0.05) is 46.0 Å². The van der Waals surface area contributed by atoms with Crippen LogP contribution in [0.3, 0.4) is 0 Å². The summed E-state index contributed by atoms with van der Waals surface area (Å²) in [7, 11) is 4.29. The quantitative estimate of drug-likeness (QED) is 0.530. The molecular formula is C16H36N2. The number of nitrogens with zero attached hydrogens (tertiary/aromatic N) is 1. The molecule has 18 heavy (non-hydrogen) atoms. The van der Waals surface area contributed by atoms with Gasteiger partial charge in [-0.15, -0.1) is 0 Å². The Labute approximate surface area is 116 Å². The molecule has 0 fully saturated rings. The average Bonchev–Trinajstić information content (AvgIpc) is 2.34. The van der Waals surface area contributed by atoms with Crippen LogP contribution in [0.5, 0.6) is 0 Å². The fourth-order valence-electron chi connectivity index (χ4n) is 2.29. The molecule has 0 saturated heterocycles. The van der Waals surface area contributed by atoms with Gasteiger partial charge in [0.15, 0.2) is 0 Å². The highest BCUT2D eigenvalue weighted by Gasteiger charge is 2.19. The summed E-state index contributed by atoms with van der Waals surface area (Å²) in [6, 6.07) is 0. The van der Waals surface area contributed by atoms with Crippen LogP contribution >= 0.6 is 0 Å². The van der Waals surface area contributed by atoms with Gasteiger partial charge in [0.25, 0.3) is 0 Å². The molecule has 2 nitrogen and oxygen atoms in total. The molecule has 0 aromatic heterocycles. The van der Waals surface area contributed by atoms with Crippen LogP contribution in [0.2, 0.25) is 0 Å². The molecule has 0 aliphatic heterocycles. The van der Waals surface area contributed by atoms with Gasteiger partial charge in [-0.25, -0.2) is 0 Å². The highest BCUT2D eigenvalue weighted by molar-refractivity contribution is 4.81. The molecule has 0 spiro atoms. The van der Waals surface area contributed by atoms with Crippen LogP contribution < -0.4 is 5.32 Å². The first-order chi connectivity index (χ1) is 8.54. The molecular weight excluding hydrogens is 220 g/mol. The lowest BCUT2D eigenvalue weighted by molar-refractivity contribution is 0.296. The van der Waals surface area contributed by atoms with E-state index in [0.717, 1.165) is 6.54 Å². The van der Waals surface area contributed by atoms with Crippen molar-refractivity contribution in [1.82, 2.24) is 10.2 Å². The van der Waals surface area contributed by atoms with Crippen LogP contribution in [0.4, 0.5) is 0 Å². The molecule has 0 amide bonds. The SMILES string of the molecule is CCCCCCCC(C)(CC)NCCCN(C)C. The Hall–Kier alpha value is -0.0800. The standard InChI is InChI=1S/C16H36N2/c1-6-8-9-10-11-13-16(3,7-2)17-14-12-15-18(4)5/h17H,6-15H2,1-5H3. The van der Waals surface area contributed by atoms with Crippen molar-refractivity contribution in [3.63, 3.8) is 0 Å². The third-order valence-corrected chi connectivity index (χ3v) is 3.95. The molecule has 0 rings (SSSR count). The third-order valence-electron chi connectivity index (χ3n) is 3.95. The van der Waals surface area contributed by atoms with Crippen molar-refractivity contribution >= 4 is 0 Å². The number of nitrogens with one attached hydrogen (secondary N) is 1. The summed E-state index contributed by atoms with van der Waals surface area (Å²) in [4.78, 5) is 2.26. The fourth-order valence-corrected chi connectivity index (χ4v) is 2.29. The van der Waals surface area contributed by atoms with E-state index in [1.807, 2.05) is 0 Å². The predicted octanol–water partition coefficient (Wildman–Crippen LogP) is 4.06. The van der Waals surface area contributed by atoms with Gasteiger partial charge < -0.3 is 10.2 Å². The van der Waals surface area contributed by atoms with Crippen LogP contribution in [0.15, 0.2) is 0 Å². The molecule has 0 aliphatic rings. The van der Waals surface area contributed by atoms with E-state index in [1.54, 1.807) is 0 Å². The summed E-state index contributed by atoms with van der Waals surface area (Å²) in [6.07, 6.45) is 10.8. The average molecular weight is 256 g/mol. The van der Waals surface area contributed by atoms with Crippen molar-refractivity contribution in [2.45, 2.75) is 77.7 Å². The van der Waals surface area contributed by atoms with E-state index in [-0.39, 0.29) is 0 Å². The van der Waals surface area contributed by atoms with Gasteiger partial charge in [0.2, 0.25) is 0 Å². The van der Waals surface area contributed by atoms with Crippen LogP contribution in [0.1, 0.15) is 72.1 Å². The summed E-state index contributed by atoms with van der Waals surface area (Å²) < 4.78 is 0. The van der Waals surface area contributed by atoms with Crippen LogP contribution in [0.25, 0.3) is 0 Å². The first-order valence-corrected chi connectivity index (χ1v) is 7.94. The molecule has 0 saturated carbocycles. The summed E-state index contributed by atoms with van der Waals surface area (Å²) in [6.45, 7) is 9.32. The van der Waals surface area contributed by atoms with Gasteiger partial charge >= 0.3 is 0 Å². The van der Waals surface area contributed by atoms with Crippen LogP contribution in [0, 0.1) is 0 Å². The molecule has 1 N–H and O–H groups in total. The second kappa shape index (κ2) is 10.8. The molecule has 1 atom stereocenters. The van der Waals surface area contributed by atoms with Crippen molar-refractivity contribution in [2.24, 2.45) is 0 Å². The molecule has 0 bridgehead atoms. The number of hydrogen-bond donors (Lipinski definition) is 1. The maximum absolute atomic E-state index is 3.77. The van der Waals surface area contributed by atoms with Gasteiger partial charge in [-0.3, -0.25) is 0 Å². The topological polar surface area (TPSA) is 15.3 Å². The van der Waals surface area contributed by atoms with E-state index in [4.69, 9.17) is 0 Å². The molecule has 110 valence electrons. The normalized spacial score (nSPS) is 15.0. The van der Waals surface area contributed by atoms with Gasteiger partial charge in [-0.2, -0.15) is 0 Å². The Balaban J connectivity index is 3.67. The van der Waals surface area contributed by atoms with Crippen molar-refractivity contribution in [3.8, 4) is 0 Å². The molecule has 2 heteroatoms. The number of rotatable bonds is 12. The molecule has 1 unspecified atom stereocenters. The zero-order valence-corrected chi connectivity index (χ0v) is 13.5. The van der Waals surface area contributed by atoms with E-state index in [1.165, 1.54) is 57.9 Å². The van der Waals surface area contributed by atoms with Gasteiger partial charge in [0, 0.05) is 5.54 Å². The van der Waals surface area contributed by atoms with Crippen molar-refractivity contribution in [2.75, 3.05) is 27.2 Å². The Morgan fingerprint density at radius 1 is 0.944 bits per heavy atom. The van der Waals surface area contributed by atoms with E-state index < -0.39 is 0 Å². The predicted molar refractivity (Wildman–Crippen MR) is 83.2 cm³/mol. The monoisotopic (exact) mass is 256 g/mol. The molecule has 0 aromatic carbocycles. The van der Waals surface area contributed by atoms with Crippen molar-refractivity contribution in [3.05, 3.63) is 0 Å². The van der Waals surface area contributed by atoms with E-state index in [2.05, 4.69) is 45.1 Å². The maximum Gasteiger partial charge on any atom is 0.0150 e. The lowest BCUT2D eigenvalue weighted by Gasteiger charge is -2.30. The molecule has 0 heterocycles. The minimum atomic E-state index is 0.360. The van der Waals surface area contributed by atoms with Crippen LogP contribution in [-0.2, 0) is 0 Å². The fraction of sp³-hybridized carbons (Fsp3) is 1.00. The van der Waals surface area contributed by atoms with E-state index in [0.29, 0.717) is 5.54 Å². The first kappa shape index (κ1) is 17.9. The lowest BCUT2D eigenvalue weighted by Crippen LogP contribution is -2.42. The highest BCUT2D eigenvalue weighted by atomic mass is 15.1. The molecule has 0 radical (unpaired) electrons. The Morgan fingerprint density at radius 2 is 1.61 bits per heavy atom. The minimum Gasteiger partial charge on any atom is -0.311 e. The number of unbranched alkanes of at least 4 members (excludes halogenated alkanes) is 4. The van der Waals surface area contributed by atoms with Gasteiger partial charge in [0.1, 0.15) is 0 Å². The number of hydrogen-bond acceptors (Lipinski definition) is 2. The molecule has 0 aromatic rings. The third kappa shape index (κ3) is 9.90. The zero-order valence-electron chi connectivity index (χ0n) is 13.5. The zero-order chi connectivity index (χ0) is 13.9. The van der Waals surface area contributed by atoms with Crippen molar-refractivity contribution < 1.29 is 0 Å². The second-order valence-electron chi connectivity index (χ2n) is 6.16. The van der Waals surface area contributed by atoms with Gasteiger partial charge in [-0.05, 0) is 53.4 Å². The highest BCUT2D eigenvalue weighted by Crippen LogP contribution is 2.19. The minimum absolute atomic E-state index is 0.360. The molecule has 0 aliphatic carbocycles. The summed E-state index contributed by atoms with van der Waals surface area (Å²) in [5.74, 6) is 0. The summed E-state index contributed by atoms with van der Waals surface area (Å²) >= 11 is 0. The Bertz CT molecular complexity index is 180. The largest absolute Gasteiger partial charge is 0.311 e. The smallest absolute Gasteiger partial charge is 0.0150 e. The Kier molecular flexibility index (Phi) is 10.8. The van der Waals surface area contributed by atoms with Gasteiger partial charge in [0.05, 0.1) is 0 Å². The first-order valence-electron chi connectivity index (χ1n) is 7.94. The second-order valence-corrected chi connectivity index (χ2v) is 6.16. The summed E-state index contributed by atoms with van der Waals surface area (Å²) in [5.41, 5.74) is 0.360. The summed E-state index contributed by atoms with van der Waals surface area (Å²) in [5, 5.41) is 3.77.